The van der Waals surface area contributed by atoms with E-state index in [0.717, 1.165) is 11.8 Å². The summed E-state index contributed by atoms with van der Waals surface area (Å²) in [7, 11) is 2.22. The fourth-order valence-electron chi connectivity index (χ4n) is 1.41. The molecule has 0 aliphatic rings. The zero-order valence-corrected chi connectivity index (χ0v) is 10.3. The zero-order chi connectivity index (χ0) is 10.4. The fraction of sp³-hybridized carbons (Fsp3) is 1.00. The average molecular weight is 185 g/mol. The topological polar surface area (TPSA) is 3.24 Å². The largest absolute Gasteiger partial charge is 0.304 e. The highest BCUT2D eigenvalue weighted by molar-refractivity contribution is 4.63. The van der Waals surface area contributed by atoms with Crippen LogP contribution in [0.3, 0.4) is 0 Å². The zero-order valence-electron chi connectivity index (χ0n) is 10.3. The van der Waals surface area contributed by atoms with Crippen LogP contribution in [0.15, 0.2) is 0 Å². The first-order chi connectivity index (χ1) is 5.93. The van der Waals surface area contributed by atoms with Gasteiger partial charge < -0.3 is 4.90 Å². The van der Waals surface area contributed by atoms with Gasteiger partial charge in [0.1, 0.15) is 0 Å². The standard InChI is InChI=1S/C12H27N/c1-10(2)7-8-12(5)9-13(6)11(3)4/h10-12H,7-9H2,1-6H3/t12-/m0/s1. The molecule has 0 aromatic carbocycles. The van der Waals surface area contributed by atoms with Crippen LogP contribution in [0.2, 0.25) is 0 Å². The van der Waals surface area contributed by atoms with Gasteiger partial charge in [-0.15, -0.1) is 0 Å². The van der Waals surface area contributed by atoms with Gasteiger partial charge in [0.25, 0.3) is 0 Å². The maximum Gasteiger partial charge on any atom is 0.00356 e. The molecule has 0 aliphatic carbocycles. The Bertz CT molecular complexity index is 118. The molecule has 0 saturated heterocycles. The average Bonchev–Trinajstić information content (AvgIpc) is 2.00. The van der Waals surface area contributed by atoms with Crippen LogP contribution in [-0.4, -0.2) is 24.5 Å². The molecule has 0 fully saturated rings. The Balaban J connectivity index is 3.55. The molecule has 0 N–H and O–H groups in total. The Kier molecular flexibility index (Phi) is 6.40. The van der Waals surface area contributed by atoms with Gasteiger partial charge >= 0.3 is 0 Å². The van der Waals surface area contributed by atoms with Crippen molar-refractivity contribution in [3.63, 3.8) is 0 Å². The van der Waals surface area contributed by atoms with Crippen molar-refractivity contribution in [2.24, 2.45) is 11.8 Å². The van der Waals surface area contributed by atoms with Crippen LogP contribution in [0.1, 0.15) is 47.5 Å². The van der Waals surface area contributed by atoms with Gasteiger partial charge in [-0.3, -0.25) is 0 Å². The minimum atomic E-state index is 0.682. The Morgan fingerprint density at radius 3 is 1.85 bits per heavy atom. The summed E-state index contributed by atoms with van der Waals surface area (Å²) in [6, 6.07) is 0.682. The third-order valence-electron chi connectivity index (χ3n) is 2.72. The third-order valence-corrected chi connectivity index (χ3v) is 2.72. The van der Waals surface area contributed by atoms with Crippen LogP contribution in [0.5, 0.6) is 0 Å². The second-order valence-electron chi connectivity index (χ2n) is 5.11. The van der Waals surface area contributed by atoms with Gasteiger partial charge in [0, 0.05) is 12.6 Å². The smallest absolute Gasteiger partial charge is 0.00356 e. The van der Waals surface area contributed by atoms with Gasteiger partial charge in [-0.1, -0.05) is 27.2 Å². The molecule has 13 heavy (non-hydrogen) atoms. The molecule has 1 atom stereocenters. The van der Waals surface area contributed by atoms with Crippen molar-refractivity contribution in [2.75, 3.05) is 13.6 Å². The van der Waals surface area contributed by atoms with Crippen molar-refractivity contribution >= 4 is 0 Å². The molecule has 0 radical (unpaired) electrons. The van der Waals surface area contributed by atoms with E-state index < -0.39 is 0 Å². The summed E-state index contributed by atoms with van der Waals surface area (Å²) in [5.41, 5.74) is 0. The predicted molar refractivity (Wildman–Crippen MR) is 61.0 cm³/mol. The first kappa shape index (κ1) is 13.0. The molecule has 0 amide bonds. The van der Waals surface area contributed by atoms with E-state index in [2.05, 4.69) is 46.6 Å². The predicted octanol–water partition coefficient (Wildman–Crippen LogP) is 3.40. The van der Waals surface area contributed by atoms with Crippen molar-refractivity contribution in [3.8, 4) is 0 Å². The summed E-state index contributed by atoms with van der Waals surface area (Å²) >= 11 is 0. The molecular formula is C12H27N. The van der Waals surface area contributed by atoms with Crippen molar-refractivity contribution in [3.05, 3.63) is 0 Å². The SMILES string of the molecule is CC(C)CC[C@H](C)CN(C)C(C)C. The Labute approximate surface area is 84.5 Å². The number of hydrogen-bond acceptors (Lipinski definition) is 1. The van der Waals surface area contributed by atoms with Crippen LogP contribution in [0, 0.1) is 11.8 Å². The van der Waals surface area contributed by atoms with E-state index in [0.29, 0.717) is 6.04 Å². The maximum absolute atomic E-state index is 2.44. The molecular weight excluding hydrogens is 158 g/mol. The lowest BCUT2D eigenvalue weighted by molar-refractivity contribution is 0.227. The second-order valence-corrected chi connectivity index (χ2v) is 5.11. The van der Waals surface area contributed by atoms with Gasteiger partial charge in [-0.25, -0.2) is 0 Å². The van der Waals surface area contributed by atoms with E-state index in [-0.39, 0.29) is 0 Å². The van der Waals surface area contributed by atoms with Crippen molar-refractivity contribution in [2.45, 2.75) is 53.5 Å². The van der Waals surface area contributed by atoms with Gasteiger partial charge in [0.2, 0.25) is 0 Å². The van der Waals surface area contributed by atoms with Crippen molar-refractivity contribution < 1.29 is 0 Å². The molecule has 0 aliphatic heterocycles. The number of rotatable bonds is 6. The molecule has 0 heterocycles. The highest BCUT2D eigenvalue weighted by Gasteiger charge is 2.09. The quantitative estimate of drug-likeness (QED) is 0.613. The van der Waals surface area contributed by atoms with Crippen LogP contribution in [0.25, 0.3) is 0 Å². The van der Waals surface area contributed by atoms with Crippen LogP contribution < -0.4 is 0 Å². The summed E-state index contributed by atoms with van der Waals surface area (Å²) in [6.45, 7) is 12.7. The number of hydrogen-bond donors (Lipinski definition) is 0. The lowest BCUT2D eigenvalue weighted by Crippen LogP contribution is -2.30. The molecule has 0 aromatic heterocycles. The summed E-state index contributed by atoms with van der Waals surface area (Å²) in [5.74, 6) is 1.70. The van der Waals surface area contributed by atoms with Crippen molar-refractivity contribution in [1.29, 1.82) is 0 Å². The normalized spacial score (nSPS) is 14.5. The molecule has 0 aromatic rings. The van der Waals surface area contributed by atoms with E-state index in [4.69, 9.17) is 0 Å². The van der Waals surface area contributed by atoms with Crippen molar-refractivity contribution in [1.82, 2.24) is 4.90 Å². The van der Waals surface area contributed by atoms with Gasteiger partial charge in [0.15, 0.2) is 0 Å². The maximum atomic E-state index is 2.44. The molecule has 0 unspecified atom stereocenters. The molecule has 1 heteroatoms. The lowest BCUT2D eigenvalue weighted by Gasteiger charge is -2.25. The summed E-state index contributed by atoms with van der Waals surface area (Å²) in [5, 5.41) is 0. The van der Waals surface area contributed by atoms with Crippen LogP contribution in [0.4, 0.5) is 0 Å². The van der Waals surface area contributed by atoms with E-state index in [1.165, 1.54) is 19.4 Å². The second kappa shape index (κ2) is 6.42. The Morgan fingerprint density at radius 1 is 0.923 bits per heavy atom. The number of nitrogens with zero attached hydrogens (tertiary/aromatic N) is 1. The molecule has 0 rings (SSSR count). The lowest BCUT2D eigenvalue weighted by atomic mass is 9.99. The molecule has 1 nitrogen and oxygen atoms in total. The summed E-state index contributed by atoms with van der Waals surface area (Å²) < 4.78 is 0. The van der Waals surface area contributed by atoms with E-state index in [9.17, 15) is 0 Å². The first-order valence-corrected chi connectivity index (χ1v) is 5.63. The Morgan fingerprint density at radius 2 is 1.46 bits per heavy atom. The molecule has 80 valence electrons. The van der Waals surface area contributed by atoms with Crippen LogP contribution >= 0.6 is 0 Å². The summed E-state index contributed by atoms with van der Waals surface area (Å²) in [4.78, 5) is 2.44. The van der Waals surface area contributed by atoms with E-state index >= 15 is 0 Å². The fourth-order valence-corrected chi connectivity index (χ4v) is 1.41. The highest BCUT2D eigenvalue weighted by atomic mass is 15.1. The molecule has 0 saturated carbocycles. The van der Waals surface area contributed by atoms with Gasteiger partial charge in [-0.2, -0.15) is 0 Å². The Hall–Kier alpha value is -0.0400. The minimum Gasteiger partial charge on any atom is -0.304 e. The van der Waals surface area contributed by atoms with E-state index in [1.54, 1.807) is 0 Å². The van der Waals surface area contributed by atoms with Gasteiger partial charge in [0.05, 0.1) is 0 Å². The van der Waals surface area contributed by atoms with Crippen LogP contribution in [-0.2, 0) is 0 Å². The molecule has 0 bridgehead atoms. The summed E-state index contributed by atoms with van der Waals surface area (Å²) in [6.07, 6.45) is 2.74. The third kappa shape index (κ3) is 7.06. The molecule has 0 spiro atoms. The monoisotopic (exact) mass is 185 g/mol. The minimum absolute atomic E-state index is 0.682. The van der Waals surface area contributed by atoms with E-state index in [1.807, 2.05) is 0 Å². The first-order valence-electron chi connectivity index (χ1n) is 5.63. The highest BCUT2D eigenvalue weighted by Crippen LogP contribution is 2.13. The van der Waals surface area contributed by atoms with Gasteiger partial charge in [-0.05, 0) is 39.2 Å².